The van der Waals surface area contributed by atoms with Gasteiger partial charge in [0.25, 0.3) is 6.43 Å². The Bertz CT molecular complexity index is 1290. The fourth-order valence-electron chi connectivity index (χ4n) is 5.84. The van der Waals surface area contributed by atoms with Crippen LogP contribution >= 0.6 is 0 Å². The molecule has 0 bridgehead atoms. The number of alkyl halides is 2. The molecule has 3 N–H and O–H groups in total. The van der Waals surface area contributed by atoms with Gasteiger partial charge in [-0.3, -0.25) is 4.90 Å². The van der Waals surface area contributed by atoms with Crippen molar-refractivity contribution in [2.45, 2.75) is 65.0 Å². The average Bonchev–Trinajstić information content (AvgIpc) is 2.84. The zero-order chi connectivity index (χ0) is 27.9. The topological polar surface area (TPSA) is 112 Å². The van der Waals surface area contributed by atoms with Crippen LogP contribution in [0.3, 0.4) is 0 Å². The second kappa shape index (κ2) is 10.5. The van der Waals surface area contributed by atoms with Gasteiger partial charge in [-0.25, -0.2) is 18.7 Å². The minimum absolute atomic E-state index is 0.0174. The van der Waals surface area contributed by atoms with Gasteiger partial charge in [-0.05, 0) is 51.3 Å². The highest BCUT2D eigenvalue weighted by atomic mass is 19.3. The van der Waals surface area contributed by atoms with Gasteiger partial charge in [-0.15, -0.1) is 0 Å². The maximum atomic E-state index is 14.2. The van der Waals surface area contributed by atoms with E-state index in [9.17, 15) is 19.1 Å². The summed E-state index contributed by atoms with van der Waals surface area (Å²) in [7, 11) is 1.62. The number of rotatable bonds is 8. The molecule has 1 saturated heterocycles. The standard InChI is InChI=1S/C28H36F2N6O2/c1-7-17-12-36(27-23(22(17)25(29)30)26(32)33-14-34-27)16(3)20-8-18(9-31)15(2)21(24(20)38-6)19-10-35(11-19)13-28(4,5)37/h8,14,16,19,25,37H,7,10-13H2,1-6H3,(H2,32,33,34). The molecule has 2 aliphatic heterocycles. The van der Waals surface area contributed by atoms with E-state index in [1.165, 1.54) is 6.33 Å². The molecule has 1 aromatic heterocycles. The highest BCUT2D eigenvalue weighted by molar-refractivity contribution is 5.87. The van der Waals surface area contributed by atoms with Crippen LogP contribution in [0.1, 0.15) is 73.9 Å². The predicted octanol–water partition coefficient (Wildman–Crippen LogP) is 4.43. The van der Waals surface area contributed by atoms with Gasteiger partial charge >= 0.3 is 0 Å². The molecule has 204 valence electrons. The molecule has 0 saturated carbocycles. The van der Waals surface area contributed by atoms with Crippen LogP contribution in [0.15, 0.2) is 18.0 Å². The Hall–Kier alpha value is -3.29. The third-order valence-corrected chi connectivity index (χ3v) is 7.62. The van der Waals surface area contributed by atoms with Gasteiger partial charge in [0, 0.05) is 48.8 Å². The average molecular weight is 527 g/mol. The zero-order valence-corrected chi connectivity index (χ0v) is 22.8. The summed E-state index contributed by atoms with van der Waals surface area (Å²) in [6.07, 6.45) is -0.987. The fraction of sp³-hybridized carbons (Fsp3) is 0.536. The summed E-state index contributed by atoms with van der Waals surface area (Å²) in [4.78, 5) is 12.5. The number of nitrogens with zero attached hydrogens (tertiary/aromatic N) is 5. The highest BCUT2D eigenvalue weighted by Crippen LogP contribution is 2.47. The van der Waals surface area contributed by atoms with Crippen LogP contribution in [0, 0.1) is 18.3 Å². The van der Waals surface area contributed by atoms with Crippen LogP contribution < -0.4 is 15.4 Å². The number of ether oxygens (including phenoxy) is 1. The number of aliphatic hydroxyl groups is 1. The zero-order valence-electron chi connectivity index (χ0n) is 22.8. The van der Waals surface area contributed by atoms with Crippen molar-refractivity contribution in [3.63, 3.8) is 0 Å². The molecule has 0 amide bonds. The molecule has 0 radical (unpaired) electrons. The van der Waals surface area contributed by atoms with Crippen molar-refractivity contribution in [1.82, 2.24) is 14.9 Å². The normalized spacial score (nSPS) is 17.3. The van der Waals surface area contributed by atoms with E-state index in [2.05, 4.69) is 20.9 Å². The number of nitrogen functional groups attached to an aromatic ring is 1. The number of hydrogen-bond donors (Lipinski definition) is 2. The predicted molar refractivity (Wildman–Crippen MR) is 143 cm³/mol. The highest BCUT2D eigenvalue weighted by Gasteiger charge is 2.38. The lowest BCUT2D eigenvalue weighted by atomic mass is 9.82. The van der Waals surface area contributed by atoms with Gasteiger partial charge in [0.2, 0.25) is 0 Å². The summed E-state index contributed by atoms with van der Waals surface area (Å²) in [6.45, 7) is 11.6. The second-order valence-corrected chi connectivity index (χ2v) is 10.8. The van der Waals surface area contributed by atoms with Gasteiger partial charge in [0.1, 0.15) is 23.7 Å². The molecule has 8 nitrogen and oxygen atoms in total. The Kier molecular flexibility index (Phi) is 7.64. The van der Waals surface area contributed by atoms with Crippen molar-refractivity contribution in [3.8, 4) is 11.8 Å². The van der Waals surface area contributed by atoms with Gasteiger partial charge in [-0.2, -0.15) is 5.26 Å². The van der Waals surface area contributed by atoms with Crippen LogP contribution in [-0.2, 0) is 0 Å². The molecule has 4 rings (SSSR count). The number of benzene rings is 1. The molecule has 1 atom stereocenters. The van der Waals surface area contributed by atoms with E-state index >= 15 is 0 Å². The molecule has 1 unspecified atom stereocenters. The quantitative estimate of drug-likeness (QED) is 0.520. The van der Waals surface area contributed by atoms with Crippen molar-refractivity contribution in [2.75, 3.05) is 43.9 Å². The Morgan fingerprint density at radius 3 is 2.55 bits per heavy atom. The van der Waals surface area contributed by atoms with Crippen LogP contribution in [0.4, 0.5) is 20.4 Å². The number of halogens is 2. The molecule has 0 aliphatic carbocycles. The molecule has 2 aliphatic rings. The van der Waals surface area contributed by atoms with E-state index in [0.717, 1.165) is 29.8 Å². The van der Waals surface area contributed by atoms with Gasteiger partial charge < -0.3 is 20.5 Å². The number of allylic oxidation sites excluding steroid dienone is 1. The smallest absolute Gasteiger partial charge is 0.264 e. The Morgan fingerprint density at radius 2 is 2.00 bits per heavy atom. The first-order valence-electron chi connectivity index (χ1n) is 12.9. The van der Waals surface area contributed by atoms with Crippen molar-refractivity contribution in [2.24, 2.45) is 0 Å². The first-order valence-corrected chi connectivity index (χ1v) is 12.9. The number of aromatic nitrogens is 2. The van der Waals surface area contributed by atoms with Crippen molar-refractivity contribution in [3.05, 3.63) is 45.8 Å². The van der Waals surface area contributed by atoms with E-state index in [4.69, 9.17) is 10.5 Å². The number of fused-ring (bicyclic) bond motifs is 1. The largest absolute Gasteiger partial charge is 0.496 e. The summed E-state index contributed by atoms with van der Waals surface area (Å²) < 4.78 is 34.4. The SMILES string of the molecule is CCC1=C(C(F)F)c2c(N)ncnc2N(C(C)c2cc(C#N)c(C)c(C3CN(CC(C)(C)O)C3)c2OC)C1. The third kappa shape index (κ3) is 4.93. The van der Waals surface area contributed by atoms with Gasteiger partial charge in [0.05, 0.1) is 35.9 Å². The number of nitriles is 1. The molecule has 3 heterocycles. The number of anilines is 2. The summed E-state index contributed by atoms with van der Waals surface area (Å²) in [6, 6.07) is 3.79. The minimum atomic E-state index is -2.70. The first kappa shape index (κ1) is 27.7. The number of hydrogen-bond acceptors (Lipinski definition) is 8. The molecule has 1 fully saturated rings. The van der Waals surface area contributed by atoms with Crippen LogP contribution in [-0.4, -0.2) is 65.3 Å². The molecule has 0 spiro atoms. The maximum absolute atomic E-state index is 14.2. The van der Waals surface area contributed by atoms with Crippen LogP contribution in [0.25, 0.3) is 5.57 Å². The minimum Gasteiger partial charge on any atom is -0.496 e. The molecule has 1 aromatic carbocycles. The molecular weight excluding hydrogens is 490 g/mol. The molecular formula is C28H36F2N6O2. The van der Waals surface area contributed by atoms with Crippen LogP contribution in [0.2, 0.25) is 0 Å². The molecule has 2 aromatic rings. The Morgan fingerprint density at radius 1 is 1.32 bits per heavy atom. The maximum Gasteiger partial charge on any atom is 0.264 e. The number of β-amino-alcohol motifs (C(OH)–C–C–N with tert-alkyl or cyclic N) is 1. The van der Waals surface area contributed by atoms with Crippen LogP contribution in [0.5, 0.6) is 5.75 Å². The van der Waals surface area contributed by atoms with E-state index < -0.39 is 12.0 Å². The van der Waals surface area contributed by atoms with Crippen molar-refractivity contribution in [1.29, 1.82) is 5.26 Å². The molecule has 38 heavy (non-hydrogen) atoms. The van der Waals surface area contributed by atoms with Gasteiger partial charge in [-0.1, -0.05) is 6.92 Å². The second-order valence-electron chi connectivity index (χ2n) is 10.8. The monoisotopic (exact) mass is 526 g/mol. The van der Waals surface area contributed by atoms with Gasteiger partial charge in [0.15, 0.2) is 0 Å². The summed E-state index contributed by atoms with van der Waals surface area (Å²) in [5.74, 6) is 1.19. The van der Waals surface area contributed by atoms with E-state index in [-0.39, 0.29) is 35.5 Å². The van der Waals surface area contributed by atoms with Crippen molar-refractivity contribution >= 4 is 17.2 Å². The molecule has 10 heteroatoms. The lowest BCUT2D eigenvalue weighted by Crippen LogP contribution is -2.51. The lowest BCUT2D eigenvalue weighted by Gasteiger charge is -2.44. The fourth-order valence-corrected chi connectivity index (χ4v) is 5.84. The summed E-state index contributed by atoms with van der Waals surface area (Å²) in [5, 5.41) is 20.2. The Labute approximate surface area is 222 Å². The number of nitrogens with two attached hydrogens (primary N) is 1. The Balaban J connectivity index is 1.80. The summed E-state index contributed by atoms with van der Waals surface area (Å²) in [5.41, 5.74) is 9.14. The van der Waals surface area contributed by atoms with Crippen molar-refractivity contribution < 1.29 is 18.6 Å². The number of methoxy groups -OCH3 is 1. The summed E-state index contributed by atoms with van der Waals surface area (Å²) >= 11 is 0. The van der Waals surface area contributed by atoms with E-state index in [1.54, 1.807) is 21.0 Å². The lowest BCUT2D eigenvalue weighted by molar-refractivity contribution is 0.00699. The number of likely N-dealkylation sites (tertiary alicyclic amines) is 1. The van der Waals surface area contributed by atoms with E-state index in [0.29, 0.717) is 35.7 Å². The van der Waals surface area contributed by atoms with E-state index in [1.807, 2.05) is 31.7 Å². The first-order chi connectivity index (χ1) is 17.9. The third-order valence-electron chi connectivity index (χ3n) is 7.62.